The van der Waals surface area contributed by atoms with Crippen molar-refractivity contribution in [3.63, 3.8) is 0 Å². The standard InChI is InChI=1S/C34H48O18/c1-45-17-7-14(8-18(46-2)24(17)37)22-16(15(9-35)5-13-6-19(47-3)27(40)32(48-4)23(13)22)11-49-33-31(44)29(42)26(39)21(52-33)12-50-34-30(43)28(41)25(38)20(10-36)51-34/h6-8,15-16,20-22,25-26,28-31,33-44H,5,9-12H2,1-4H3/t15-,16-,20-,21-,22+,25+,26-,28+,29+,30-,31-,33-,34+/m0/s1. The van der Waals surface area contributed by atoms with Crippen molar-refractivity contribution in [2.45, 2.75) is 73.8 Å². The third kappa shape index (κ3) is 7.43. The maximum absolute atomic E-state index is 11.1. The van der Waals surface area contributed by atoms with Crippen LogP contribution in [0.4, 0.5) is 0 Å². The van der Waals surface area contributed by atoms with Gasteiger partial charge < -0.3 is 89.0 Å². The second-order valence-electron chi connectivity index (χ2n) is 13.0. The molecule has 3 aliphatic rings. The molecular formula is C34H48O18. The van der Waals surface area contributed by atoms with E-state index in [9.17, 15) is 51.1 Å². The first-order valence-corrected chi connectivity index (χ1v) is 16.6. The van der Waals surface area contributed by atoms with Crippen molar-refractivity contribution in [2.75, 3.05) is 54.9 Å². The molecule has 0 saturated carbocycles. The molecule has 18 nitrogen and oxygen atoms in total. The summed E-state index contributed by atoms with van der Waals surface area (Å²) in [5.74, 6) is -2.10. The number of phenols is 2. The molecule has 2 fully saturated rings. The Balaban J connectivity index is 1.46. The lowest BCUT2D eigenvalue weighted by Gasteiger charge is -2.44. The van der Waals surface area contributed by atoms with Gasteiger partial charge in [0.1, 0.15) is 48.8 Å². The van der Waals surface area contributed by atoms with Crippen LogP contribution in [0.3, 0.4) is 0 Å². The van der Waals surface area contributed by atoms with Gasteiger partial charge in [0.25, 0.3) is 0 Å². The summed E-state index contributed by atoms with van der Waals surface area (Å²) in [5.41, 5.74) is 1.70. The third-order valence-electron chi connectivity index (χ3n) is 10.1. The molecular weight excluding hydrogens is 696 g/mol. The minimum absolute atomic E-state index is 0.0729. The number of fused-ring (bicyclic) bond motifs is 1. The van der Waals surface area contributed by atoms with E-state index in [0.29, 0.717) is 16.7 Å². The Bertz CT molecular complexity index is 1480. The van der Waals surface area contributed by atoms with Crippen LogP contribution in [0.5, 0.6) is 34.5 Å². The topological polar surface area (TPSA) is 276 Å². The summed E-state index contributed by atoms with van der Waals surface area (Å²) in [6, 6.07) is 4.77. The van der Waals surface area contributed by atoms with Crippen molar-refractivity contribution >= 4 is 0 Å². The highest BCUT2D eigenvalue weighted by Crippen LogP contribution is 2.54. The number of benzene rings is 2. The molecule has 52 heavy (non-hydrogen) atoms. The zero-order chi connectivity index (χ0) is 38.0. The molecule has 0 amide bonds. The van der Waals surface area contributed by atoms with Gasteiger partial charge in [-0.25, -0.2) is 0 Å². The maximum atomic E-state index is 11.1. The quantitative estimate of drug-likeness (QED) is 0.103. The molecule has 0 bridgehead atoms. The number of ether oxygens (including phenoxy) is 8. The van der Waals surface area contributed by atoms with E-state index in [1.165, 1.54) is 28.4 Å². The number of phenolic OH excluding ortho intramolecular Hbond substituents is 2. The second kappa shape index (κ2) is 16.8. The van der Waals surface area contributed by atoms with Crippen LogP contribution >= 0.6 is 0 Å². The van der Waals surface area contributed by atoms with E-state index in [4.69, 9.17) is 37.9 Å². The van der Waals surface area contributed by atoms with Crippen LogP contribution in [0.1, 0.15) is 22.6 Å². The molecule has 18 heteroatoms. The van der Waals surface area contributed by atoms with Crippen molar-refractivity contribution in [3.8, 4) is 34.5 Å². The van der Waals surface area contributed by atoms with E-state index in [1.807, 2.05) is 0 Å². The van der Waals surface area contributed by atoms with E-state index in [1.54, 1.807) is 18.2 Å². The minimum atomic E-state index is -1.80. The van der Waals surface area contributed by atoms with Crippen molar-refractivity contribution in [2.24, 2.45) is 11.8 Å². The minimum Gasteiger partial charge on any atom is -0.502 e. The molecule has 2 heterocycles. The summed E-state index contributed by atoms with van der Waals surface area (Å²) < 4.78 is 44.7. The number of methoxy groups -OCH3 is 4. The Kier molecular flexibility index (Phi) is 12.9. The van der Waals surface area contributed by atoms with Gasteiger partial charge in [0.2, 0.25) is 11.5 Å². The number of aliphatic hydroxyl groups excluding tert-OH is 8. The number of aromatic hydroxyl groups is 2. The van der Waals surface area contributed by atoms with Gasteiger partial charge in [-0.3, -0.25) is 0 Å². The van der Waals surface area contributed by atoms with Gasteiger partial charge in [-0.05, 0) is 47.6 Å². The summed E-state index contributed by atoms with van der Waals surface area (Å²) in [6.07, 6.45) is -15.9. The predicted octanol–water partition coefficient (Wildman–Crippen LogP) is -2.31. The molecule has 10 N–H and O–H groups in total. The highest BCUT2D eigenvalue weighted by atomic mass is 16.7. The van der Waals surface area contributed by atoms with E-state index in [-0.39, 0.29) is 54.1 Å². The number of hydrogen-bond donors (Lipinski definition) is 10. The molecule has 13 atom stereocenters. The predicted molar refractivity (Wildman–Crippen MR) is 174 cm³/mol. The van der Waals surface area contributed by atoms with E-state index in [2.05, 4.69) is 0 Å². The average molecular weight is 745 g/mol. The monoisotopic (exact) mass is 744 g/mol. The highest BCUT2D eigenvalue weighted by Gasteiger charge is 2.49. The molecule has 5 rings (SSSR count). The van der Waals surface area contributed by atoms with Crippen molar-refractivity contribution in [1.29, 1.82) is 0 Å². The molecule has 2 saturated heterocycles. The van der Waals surface area contributed by atoms with Crippen LogP contribution in [0.25, 0.3) is 0 Å². The van der Waals surface area contributed by atoms with Crippen LogP contribution in [-0.4, -0.2) is 167 Å². The van der Waals surface area contributed by atoms with Crippen LogP contribution in [0, 0.1) is 11.8 Å². The second-order valence-corrected chi connectivity index (χ2v) is 13.0. The van der Waals surface area contributed by atoms with Crippen molar-refractivity contribution in [1.82, 2.24) is 0 Å². The summed E-state index contributed by atoms with van der Waals surface area (Å²) in [5, 5.41) is 105. The number of hydrogen-bond acceptors (Lipinski definition) is 18. The normalized spacial score (nSPS) is 34.7. The first kappa shape index (κ1) is 40.0. The van der Waals surface area contributed by atoms with Gasteiger partial charge in [-0.1, -0.05) is 0 Å². The summed E-state index contributed by atoms with van der Waals surface area (Å²) in [7, 11) is 5.49. The Morgan fingerprint density at radius 2 is 1.13 bits per heavy atom. The van der Waals surface area contributed by atoms with E-state index < -0.39 is 92.4 Å². The lowest BCUT2D eigenvalue weighted by molar-refractivity contribution is -0.332. The lowest BCUT2D eigenvalue weighted by Crippen LogP contribution is -2.61. The van der Waals surface area contributed by atoms with Gasteiger partial charge in [0.05, 0.1) is 48.3 Å². The lowest BCUT2D eigenvalue weighted by atomic mass is 9.66. The van der Waals surface area contributed by atoms with Crippen LogP contribution < -0.4 is 18.9 Å². The van der Waals surface area contributed by atoms with Gasteiger partial charge in [-0.2, -0.15) is 0 Å². The molecule has 2 aromatic carbocycles. The van der Waals surface area contributed by atoms with Crippen molar-refractivity contribution < 1.29 is 89.0 Å². The van der Waals surface area contributed by atoms with Gasteiger partial charge in [0.15, 0.2) is 35.6 Å². The first-order valence-electron chi connectivity index (χ1n) is 16.6. The summed E-state index contributed by atoms with van der Waals surface area (Å²) >= 11 is 0. The fourth-order valence-electron chi connectivity index (χ4n) is 7.21. The first-order chi connectivity index (χ1) is 24.8. The summed E-state index contributed by atoms with van der Waals surface area (Å²) in [4.78, 5) is 0. The van der Waals surface area contributed by atoms with Crippen LogP contribution in [0.2, 0.25) is 0 Å². The smallest absolute Gasteiger partial charge is 0.201 e. The molecule has 0 spiro atoms. The number of aliphatic hydroxyl groups is 8. The average Bonchev–Trinajstić information content (AvgIpc) is 3.15. The molecule has 0 unspecified atom stereocenters. The highest BCUT2D eigenvalue weighted by molar-refractivity contribution is 5.64. The van der Waals surface area contributed by atoms with Gasteiger partial charge in [0, 0.05) is 18.1 Å². The largest absolute Gasteiger partial charge is 0.502 e. The molecule has 0 aromatic heterocycles. The Morgan fingerprint density at radius 1 is 0.615 bits per heavy atom. The van der Waals surface area contributed by atoms with Gasteiger partial charge >= 0.3 is 0 Å². The van der Waals surface area contributed by atoms with E-state index in [0.717, 1.165) is 0 Å². The zero-order valence-corrected chi connectivity index (χ0v) is 29.0. The maximum Gasteiger partial charge on any atom is 0.201 e. The molecule has 2 aliphatic heterocycles. The van der Waals surface area contributed by atoms with Crippen LogP contribution in [0.15, 0.2) is 18.2 Å². The molecule has 0 radical (unpaired) electrons. The molecule has 2 aromatic rings. The van der Waals surface area contributed by atoms with Crippen LogP contribution in [-0.2, 0) is 25.4 Å². The SMILES string of the molecule is COc1cc([C@H]2c3c(cc(OC)c(O)c3OC)C[C@@H](CO)[C@@H]2CO[C@H]2O[C@@H](CO[C@@H]3O[C@@H](CO)[C@@H](O)[C@@H](O)[C@@H]3O)[C@H](O)[C@@H](O)[C@@H]2O)cc(OC)c1O. The fourth-order valence-corrected chi connectivity index (χ4v) is 7.21. The van der Waals surface area contributed by atoms with Crippen molar-refractivity contribution in [3.05, 3.63) is 34.9 Å². The Hall–Kier alpha value is -3.24. The fraction of sp³-hybridized carbons (Fsp3) is 0.647. The van der Waals surface area contributed by atoms with Gasteiger partial charge in [-0.15, -0.1) is 0 Å². The Labute approximate surface area is 298 Å². The molecule has 1 aliphatic carbocycles. The third-order valence-corrected chi connectivity index (χ3v) is 10.1. The van der Waals surface area contributed by atoms with E-state index >= 15 is 0 Å². The number of rotatable bonds is 13. The summed E-state index contributed by atoms with van der Waals surface area (Å²) in [6.45, 7) is -1.84. The zero-order valence-electron chi connectivity index (χ0n) is 29.0. The molecule has 292 valence electrons. The Morgan fingerprint density at radius 3 is 1.65 bits per heavy atom.